The van der Waals surface area contributed by atoms with E-state index in [1.165, 1.54) is 0 Å². The van der Waals surface area contributed by atoms with Gasteiger partial charge in [-0.25, -0.2) is 0 Å². The number of hydrogen-bond donors (Lipinski definition) is 1. The first-order chi connectivity index (χ1) is 17.2. The van der Waals surface area contributed by atoms with E-state index in [4.69, 9.17) is 18.9 Å². The summed E-state index contributed by atoms with van der Waals surface area (Å²) in [5.74, 6) is 0. The zero-order valence-corrected chi connectivity index (χ0v) is 19.7. The van der Waals surface area contributed by atoms with E-state index in [2.05, 4.69) is 12.3 Å². The highest BCUT2D eigenvalue weighted by atomic mass is 16.6. The summed E-state index contributed by atoms with van der Waals surface area (Å²) in [7, 11) is 0. The van der Waals surface area contributed by atoms with E-state index in [1.807, 2.05) is 91.0 Å². The quantitative estimate of drug-likeness (QED) is 0.405. The second-order valence-electron chi connectivity index (χ2n) is 8.52. The molecule has 1 aliphatic rings. The van der Waals surface area contributed by atoms with Crippen molar-refractivity contribution in [3.63, 3.8) is 0 Å². The molecule has 0 bridgehead atoms. The Hall–Kier alpha value is -3.02. The first-order valence-corrected chi connectivity index (χ1v) is 11.9. The Balaban J connectivity index is 1.48. The number of rotatable bonds is 11. The van der Waals surface area contributed by atoms with E-state index in [0.717, 1.165) is 16.7 Å². The maximum Gasteiger partial charge on any atom is 0.117 e. The van der Waals surface area contributed by atoms with E-state index in [-0.39, 0.29) is 6.61 Å². The molecule has 5 atom stereocenters. The van der Waals surface area contributed by atoms with Gasteiger partial charge in [0, 0.05) is 0 Å². The molecule has 35 heavy (non-hydrogen) atoms. The summed E-state index contributed by atoms with van der Waals surface area (Å²) in [6.07, 6.45) is -1.55. The Bertz CT molecular complexity index is 1050. The minimum absolute atomic E-state index is 0.262. The lowest BCUT2D eigenvalue weighted by molar-refractivity contribution is -0.249. The minimum Gasteiger partial charge on any atom is -0.387 e. The summed E-state index contributed by atoms with van der Waals surface area (Å²) in [4.78, 5) is 0. The van der Waals surface area contributed by atoms with Crippen LogP contribution in [0.2, 0.25) is 0 Å². The van der Waals surface area contributed by atoms with Crippen LogP contribution in [0.1, 0.15) is 16.7 Å². The van der Waals surface area contributed by atoms with Crippen molar-refractivity contribution in [3.8, 4) is 0 Å². The van der Waals surface area contributed by atoms with Crippen LogP contribution in [0.5, 0.6) is 0 Å². The number of ether oxygens (including phenoxy) is 4. The molecule has 182 valence electrons. The van der Waals surface area contributed by atoms with Gasteiger partial charge < -0.3 is 24.1 Å². The van der Waals surface area contributed by atoms with E-state index >= 15 is 0 Å². The Morgan fingerprint density at radius 1 is 0.743 bits per heavy atom. The van der Waals surface area contributed by atoms with Crippen molar-refractivity contribution in [1.29, 1.82) is 0 Å². The smallest absolute Gasteiger partial charge is 0.117 e. The Morgan fingerprint density at radius 2 is 1.23 bits per heavy atom. The predicted octanol–water partition coefficient (Wildman–Crippen LogP) is 4.84. The molecule has 0 radical (unpaired) electrons. The molecule has 0 aromatic heterocycles. The van der Waals surface area contributed by atoms with Crippen molar-refractivity contribution >= 4 is 0 Å². The van der Waals surface area contributed by atoms with Crippen LogP contribution in [0.3, 0.4) is 0 Å². The predicted molar refractivity (Wildman–Crippen MR) is 135 cm³/mol. The molecule has 1 heterocycles. The number of benzene rings is 3. The van der Waals surface area contributed by atoms with Gasteiger partial charge in [-0.3, -0.25) is 0 Å². The van der Waals surface area contributed by atoms with E-state index in [1.54, 1.807) is 6.08 Å². The van der Waals surface area contributed by atoms with Crippen LogP contribution in [0.15, 0.2) is 109 Å². The van der Waals surface area contributed by atoms with Gasteiger partial charge >= 0.3 is 0 Å². The molecule has 4 rings (SSSR count). The molecule has 1 aliphatic heterocycles. The minimum atomic E-state index is -0.934. The molecule has 0 aliphatic carbocycles. The van der Waals surface area contributed by atoms with Crippen molar-refractivity contribution in [3.05, 3.63) is 126 Å². The average molecular weight is 473 g/mol. The van der Waals surface area contributed by atoms with Gasteiger partial charge in [0.05, 0.1) is 26.4 Å². The lowest BCUT2D eigenvalue weighted by Gasteiger charge is -2.43. The molecular weight excluding hydrogens is 440 g/mol. The molecular formula is C30H32O5. The van der Waals surface area contributed by atoms with Gasteiger partial charge in [-0.1, -0.05) is 97.6 Å². The van der Waals surface area contributed by atoms with Gasteiger partial charge in [-0.2, -0.15) is 0 Å². The fourth-order valence-electron chi connectivity index (χ4n) is 4.14. The second kappa shape index (κ2) is 13.2. The molecule has 3 aromatic carbocycles. The summed E-state index contributed by atoms with van der Waals surface area (Å²) < 4.78 is 24.7. The fourth-order valence-corrected chi connectivity index (χ4v) is 4.14. The highest BCUT2D eigenvalue weighted by molar-refractivity contribution is 5.15. The molecule has 3 aromatic rings. The third kappa shape index (κ3) is 7.23. The number of aliphatic hydroxyl groups excluding tert-OH is 1. The highest BCUT2D eigenvalue weighted by Gasteiger charge is 2.46. The summed E-state index contributed by atoms with van der Waals surface area (Å²) in [6, 6.07) is 29.7. The van der Waals surface area contributed by atoms with Crippen molar-refractivity contribution in [2.75, 3.05) is 6.61 Å². The average Bonchev–Trinajstić information content (AvgIpc) is 2.90. The topological polar surface area (TPSA) is 57.2 Å². The van der Waals surface area contributed by atoms with Crippen LogP contribution >= 0.6 is 0 Å². The SMILES string of the molecule is C=C=C[C@H]1OC(COCc2ccccc2)[C@@H](OCc2ccccc2)C(O)C1OCc1ccccc1. The standard InChI is InChI=1S/C30H32O5/c1-2-12-26-29(33-20-24-15-8-4-9-16-24)28(31)30(34-21-25-17-10-5-11-18-25)27(35-26)22-32-19-23-13-6-3-7-14-23/h3-18,26-31H,1,19-22H2/t26-,27?,28?,29?,30-/m1/s1. The van der Waals surface area contributed by atoms with Crippen LogP contribution < -0.4 is 0 Å². The third-order valence-corrected chi connectivity index (χ3v) is 5.94. The first-order valence-electron chi connectivity index (χ1n) is 11.9. The van der Waals surface area contributed by atoms with Gasteiger partial charge in [-0.05, 0) is 22.8 Å². The van der Waals surface area contributed by atoms with E-state index in [9.17, 15) is 5.11 Å². The lowest BCUT2D eigenvalue weighted by atomic mass is 9.94. The van der Waals surface area contributed by atoms with E-state index < -0.39 is 30.5 Å². The Labute approximate surface area is 207 Å². The van der Waals surface area contributed by atoms with Gasteiger partial charge in [0.15, 0.2) is 0 Å². The van der Waals surface area contributed by atoms with Crippen molar-refractivity contribution < 1.29 is 24.1 Å². The second-order valence-corrected chi connectivity index (χ2v) is 8.52. The maximum absolute atomic E-state index is 11.4. The number of aliphatic hydroxyl groups is 1. The molecule has 0 saturated carbocycles. The van der Waals surface area contributed by atoms with E-state index in [0.29, 0.717) is 19.8 Å². The van der Waals surface area contributed by atoms with Crippen molar-refractivity contribution in [2.45, 2.75) is 50.3 Å². The Kier molecular flexibility index (Phi) is 9.44. The van der Waals surface area contributed by atoms with Gasteiger partial charge in [0.25, 0.3) is 0 Å². The fraction of sp³-hybridized carbons (Fsp3) is 0.300. The molecule has 3 unspecified atom stereocenters. The molecule has 1 fully saturated rings. The largest absolute Gasteiger partial charge is 0.387 e. The number of hydrogen-bond acceptors (Lipinski definition) is 5. The zero-order chi connectivity index (χ0) is 24.3. The van der Waals surface area contributed by atoms with Gasteiger partial charge in [-0.15, -0.1) is 5.73 Å². The molecule has 0 amide bonds. The maximum atomic E-state index is 11.4. The Morgan fingerprint density at radius 3 is 1.74 bits per heavy atom. The highest BCUT2D eigenvalue weighted by Crippen LogP contribution is 2.28. The molecule has 5 nitrogen and oxygen atoms in total. The summed E-state index contributed by atoms with van der Waals surface area (Å²) in [6.45, 7) is 5.08. The van der Waals surface area contributed by atoms with Crippen LogP contribution in [-0.2, 0) is 38.8 Å². The zero-order valence-electron chi connectivity index (χ0n) is 19.7. The van der Waals surface area contributed by atoms with Crippen LogP contribution in [0, 0.1) is 0 Å². The van der Waals surface area contributed by atoms with Gasteiger partial charge in [0.1, 0.15) is 30.5 Å². The molecule has 1 saturated heterocycles. The lowest BCUT2D eigenvalue weighted by Crippen LogP contribution is -2.59. The van der Waals surface area contributed by atoms with Crippen molar-refractivity contribution in [2.24, 2.45) is 0 Å². The summed E-state index contributed by atoms with van der Waals surface area (Å²) >= 11 is 0. The molecule has 1 N–H and O–H groups in total. The molecule has 5 heteroatoms. The van der Waals surface area contributed by atoms with Crippen LogP contribution in [-0.4, -0.2) is 42.2 Å². The van der Waals surface area contributed by atoms with Crippen LogP contribution in [0.25, 0.3) is 0 Å². The van der Waals surface area contributed by atoms with Crippen molar-refractivity contribution in [1.82, 2.24) is 0 Å². The monoisotopic (exact) mass is 472 g/mol. The summed E-state index contributed by atoms with van der Waals surface area (Å²) in [5, 5.41) is 11.4. The van der Waals surface area contributed by atoms with Gasteiger partial charge in [0.2, 0.25) is 0 Å². The van der Waals surface area contributed by atoms with Crippen LogP contribution in [0.4, 0.5) is 0 Å². The first kappa shape index (κ1) is 25.1. The third-order valence-electron chi connectivity index (χ3n) is 5.94. The summed E-state index contributed by atoms with van der Waals surface area (Å²) in [5.41, 5.74) is 5.88. The normalized spacial score (nSPS) is 24.0. The molecule has 0 spiro atoms.